The number of nitrogen functional groups attached to an aromatic ring is 1. The maximum Gasteiger partial charge on any atom is 0.221 e. The summed E-state index contributed by atoms with van der Waals surface area (Å²) in [6.07, 6.45) is 0.578. The van der Waals surface area contributed by atoms with Gasteiger partial charge in [-0.2, -0.15) is 0 Å². The molecule has 0 unspecified atom stereocenters. The number of piperazine rings is 1. The number of hydrogen-bond acceptors (Lipinski definition) is 4. The van der Waals surface area contributed by atoms with E-state index in [1.807, 2.05) is 18.2 Å². The second kappa shape index (κ2) is 6.43. The van der Waals surface area contributed by atoms with Gasteiger partial charge in [0.25, 0.3) is 0 Å². The molecule has 0 spiro atoms. The first-order chi connectivity index (χ1) is 9.19. The highest BCUT2D eigenvalue weighted by atomic mass is 16.1. The molecule has 1 aromatic carbocycles. The van der Waals surface area contributed by atoms with Crippen LogP contribution in [0.25, 0.3) is 0 Å². The number of carbonyl (C=O) groups excluding carboxylic acids is 1. The van der Waals surface area contributed by atoms with Crippen molar-refractivity contribution in [1.29, 1.82) is 0 Å². The summed E-state index contributed by atoms with van der Waals surface area (Å²) in [6, 6.07) is 8.00. The molecule has 1 fully saturated rings. The van der Waals surface area contributed by atoms with Gasteiger partial charge < -0.3 is 16.0 Å². The van der Waals surface area contributed by atoms with Crippen molar-refractivity contribution < 1.29 is 4.79 Å². The Hall–Kier alpha value is -1.75. The summed E-state index contributed by atoms with van der Waals surface area (Å²) in [5, 5.41) is 2.66. The first kappa shape index (κ1) is 13.7. The third-order valence-corrected chi connectivity index (χ3v) is 3.54. The molecule has 1 heterocycles. The minimum atomic E-state index is 0.110. The Labute approximate surface area is 114 Å². The Balaban J connectivity index is 1.81. The van der Waals surface area contributed by atoms with E-state index in [0.29, 0.717) is 6.42 Å². The van der Waals surface area contributed by atoms with Crippen LogP contribution in [0.3, 0.4) is 0 Å². The molecule has 0 bridgehead atoms. The van der Waals surface area contributed by atoms with E-state index in [9.17, 15) is 4.79 Å². The molecule has 0 aliphatic carbocycles. The highest BCUT2D eigenvalue weighted by Gasteiger charge is 2.17. The van der Waals surface area contributed by atoms with Crippen LogP contribution in [0.15, 0.2) is 24.3 Å². The van der Waals surface area contributed by atoms with Gasteiger partial charge in [-0.25, -0.2) is 0 Å². The van der Waals surface area contributed by atoms with Gasteiger partial charge in [-0.1, -0.05) is 6.07 Å². The lowest BCUT2D eigenvalue weighted by Gasteiger charge is -2.36. The van der Waals surface area contributed by atoms with E-state index in [4.69, 9.17) is 5.73 Å². The minimum Gasteiger partial charge on any atom is -0.399 e. The summed E-state index contributed by atoms with van der Waals surface area (Å²) in [4.78, 5) is 15.9. The summed E-state index contributed by atoms with van der Waals surface area (Å²) in [6.45, 7) is 4.79. The molecule has 5 heteroatoms. The number of nitrogens with zero attached hydrogens (tertiary/aromatic N) is 2. The first-order valence-corrected chi connectivity index (χ1v) is 6.72. The number of hydrogen-bond donors (Lipinski definition) is 2. The predicted molar refractivity (Wildman–Crippen MR) is 78.2 cm³/mol. The predicted octanol–water partition coefficient (Wildman–Crippen LogP) is 0.527. The van der Waals surface area contributed by atoms with Crippen molar-refractivity contribution in [2.24, 2.45) is 0 Å². The van der Waals surface area contributed by atoms with E-state index in [0.717, 1.165) is 38.4 Å². The largest absolute Gasteiger partial charge is 0.399 e. The number of nitrogens with one attached hydrogen (secondary N) is 1. The second-order valence-electron chi connectivity index (χ2n) is 4.85. The van der Waals surface area contributed by atoms with Crippen LogP contribution < -0.4 is 16.0 Å². The molecule has 2 rings (SSSR count). The lowest BCUT2D eigenvalue weighted by atomic mass is 10.2. The van der Waals surface area contributed by atoms with Gasteiger partial charge in [0, 0.05) is 57.6 Å². The zero-order valence-corrected chi connectivity index (χ0v) is 11.4. The number of nitrogens with two attached hydrogens (primary N) is 1. The molecule has 1 amide bonds. The fourth-order valence-corrected chi connectivity index (χ4v) is 2.34. The summed E-state index contributed by atoms with van der Waals surface area (Å²) in [5.74, 6) is 0.110. The van der Waals surface area contributed by atoms with Crippen molar-refractivity contribution in [3.63, 3.8) is 0 Å². The molecule has 1 aliphatic heterocycles. The van der Waals surface area contributed by atoms with Crippen molar-refractivity contribution in [1.82, 2.24) is 10.2 Å². The van der Waals surface area contributed by atoms with Crippen LogP contribution in [-0.2, 0) is 4.79 Å². The molecular formula is C14H22N4O. The number of amides is 1. The van der Waals surface area contributed by atoms with Crippen LogP contribution >= 0.6 is 0 Å². The monoisotopic (exact) mass is 262 g/mol. The zero-order valence-electron chi connectivity index (χ0n) is 11.4. The molecule has 3 N–H and O–H groups in total. The maximum atomic E-state index is 11.2. The summed E-state index contributed by atoms with van der Waals surface area (Å²) in [5.41, 5.74) is 7.80. The van der Waals surface area contributed by atoms with Crippen molar-refractivity contribution in [2.45, 2.75) is 6.42 Å². The van der Waals surface area contributed by atoms with Crippen molar-refractivity contribution in [3.05, 3.63) is 24.3 Å². The van der Waals surface area contributed by atoms with Crippen LogP contribution in [0, 0.1) is 0 Å². The van der Waals surface area contributed by atoms with Gasteiger partial charge in [0.2, 0.25) is 5.91 Å². The number of carbonyl (C=O) groups is 1. The van der Waals surface area contributed by atoms with E-state index < -0.39 is 0 Å². The van der Waals surface area contributed by atoms with Crippen molar-refractivity contribution in [2.75, 3.05) is 50.4 Å². The van der Waals surface area contributed by atoms with Crippen LogP contribution in [-0.4, -0.2) is 50.6 Å². The Morgan fingerprint density at radius 1 is 1.32 bits per heavy atom. The van der Waals surface area contributed by atoms with E-state index in [1.165, 1.54) is 5.69 Å². The lowest BCUT2D eigenvalue weighted by molar-refractivity contribution is -0.120. The number of benzene rings is 1. The van der Waals surface area contributed by atoms with Crippen LogP contribution in [0.2, 0.25) is 0 Å². The molecule has 1 aliphatic rings. The summed E-state index contributed by atoms with van der Waals surface area (Å²) < 4.78 is 0. The molecule has 0 atom stereocenters. The topological polar surface area (TPSA) is 61.6 Å². The Kier molecular flexibility index (Phi) is 4.63. The Morgan fingerprint density at radius 3 is 2.68 bits per heavy atom. The van der Waals surface area contributed by atoms with Gasteiger partial charge in [0.15, 0.2) is 0 Å². The fourth-order valence-electron chi connectivity index (χ4n) is 2.34. The van der Waals surface area contributed by atoms with E-state index in [1.54, 1.807) is 7.05 Å². The summed E-state index contributed by atoms with van der Waals surface area (Å²) in [7, 11) is 1.68. The molecule has 5 nitrogen and oxygen atoms in total. The van der Waals surface area contributed by atoms with Crippen molar-refractivity contribution in [3.8, 4) is 0 Å². The third-order valence-electron chi connectivity index (χ3n) is 3.54. The smallest absolute Gasteiger partial charge is 0.221 e. The second-order valence-corrected chi connectivity index (χ2v) is 4.85. The van der Waals surface area contributed by atoms with Crippen LogP contribution in [0.1, 0.15) is 6.42 Å². The molecule has 1 aromatic rings. The molecular weight excluding hydrogens is 240 g/mol. The summed E-state index contributed by atoms with van der Waals surface area (Å²) >= 11 is 0. The van der Waals surface area contributed by atoms with E-state index >= 15 is 0 Å². The standard InChI is InChI=1S/C14H22N4O/c1-16-14(19)5-6-17-7-9-18(10-8-17)13-4-2-3-12(15)11-13/h2-4,11H,5-10,15H2,1H3,(H,16,19). The maximum absolute atomic E-state index is 11.2. The first-order valence-electron chi connectivity index (χ1n) is 6.72. The number of anilines is 2. The quantitative estimate of drug-likeness (QED) is 0.777. The fraction of sp³-hybridized carbons (Fsp3) is 0.500. The van der Waals surface area contributed by atoms with E-state index in [2.05, 4.69) is 21.2 Å². The molecule has 1 saturated heterocycles. The molecule has 0 aromatic heterocycles. The molecule has 0 saturated carbocycles. The zero-order chi connectivity index (χ0) is 13.7. The minimum absolute atomic E-state index is 0.110. The van der Waals surface area contributed by atoms with Crippen LogP contribution in [0.5, 0.6) is 0 Å². The molecule has 104 valence electrons. The van der Waals surface area contributed by atoms with Gasteiger partial charge in [0.05, 0.1) is 0 Å². The molecule has 19 heavy (non-hydrogen) atoms. The SMILES string of the molecule is CNC(=O)CCN1CCN(c2cccc(N)c2)CC1. The van der Waals surface area contributed by atoms with Gasteiger partial charge in [0.1, 0.15) is 0 Å². The Morgan fingerprint density at radius 2 is 2.05 bits per heavy atom. The van der Waals surface area contributed by atoms with E-state index in [-0.39, 0.29) is 5.91 Å². The van der Waals surface area contributed by atoms with Gasteiger partial charge in [-0.3, -0.25) is 9.69 Å². The third kappa shape index (κ3) is 3.86. The Bertz CT molecular complexity index is 427. The number of rotatable bonds is 4. The van der Waals surface area contributed by atoms with Gasteiger partial charge >= 0.3 is 0 Å². The van der Waals surface area contributed by atoms with Gasteiger partial charge in [-0.15, -0.1) is 0 Å². The normalized spacial score (nSPS) is 16.4. The van der Waals surface area contributed by atoms with Gasteiger partial charge in [-0.05, 0) is 18.2 Å². The average Bonchev–Trinajstić information content (AvgIpc) is 2.45. The highest BCUT2D eigenvalue weighted by molar-refractivity contribution is 5.75. The molecule has 0 radical (unpaired) electrons. The lowest BCUT2D eigenvalue weighted by Crippen LogP contribution is -2.47. The van der Waals surface area contributed by atoms with Crippen molar-refractivity contribution >= 4 is 17.3 Å². The highest BCUT2D eigenvalue weighted by Crippen LogP contribution is 2.19. The average molecular weight is 262 g/mol. The van der Waals surface area contributed by atoms with Crippen LogP contribution in [0.4, 0.5) is 11.4 Å².